The maximum Gasteiger partial charge on any atom is 0.407 e. The number of alkyl carbamates (subject to hydrolysis) is 1. The van der Waals surface area contributed by atoms with Crippen LogP contribution in [-0.2, 0) is 4.74 Å². The van der Waals surface area contributed by atoms with Crippen LogP contribution in [0.5, 0.6) is 0 Å². The van der Waals surface area contributed by atoms with Gasteiger partial charge in [-0.15, -0.1) is 0 Å². The summed E-state index contributed by atoms with van der Waals surface area (Å²) in [6, 6.07) is 0. The maximum atomic E-state index is 11.1. The Morgan fingerprint density at radius 2 is 1.82 bits per heavy atom. The Morgan fingerprint density at radius 1 is 1.24 bits per heavy atom. The van der Waals surface area contributed by atoms with Gasteiger partial charge in [0.05, 0.1) is 19.3 Å². The van der Waals surface area contributed by atoms with E-state index in [1.807, 2.05) is 4.90 Å². The molecule has 0 aliphatic rings. The minimum atomic E-state index is -0.407. The minimum absolute atomic E-state index is 0.0722. The van der Waals surface area contributed by atoms with E-state index in [2.05, 4.69) is 5.32 Å². The van der Waals surface area contributed by atoms with E-state index in [1.165, 1.54) is 0 Å². The first-order valence-electron chi connectivity index (χ1n) is 5.98. The Kier molecular flexibility index (Phi) is 9.80. The highest BCUT2D eigenvalue weighted by atomic mass is 16.6. The van der Waals surface area contributed by atoms with Gasteiger partial charge in [0, 0.05) is 19.6 Å². The Bertz CT molecular complexity index is 194. The van der Waals surface area contributed by atoms with Gasteiger partial charge in [-0.3, -0.25) is 4.90 Å². The molecule has 1 amide bonds. The molecular formula is C11H24N2O4. The second-order valence-electron chi connectivity index (χ2n) is 4.02. The average Bonchev–Trinajstić information content (AvgIpc) is 2.24. The average molecular weight is 248 g/mol. The van der Waals surface area contributed by atoms with Crippen molar-refractivity contribution in [1.29, 1.82) is 0 Å². The maximum absolute atomic E-state index is 11.1. The first kappa shape index (κ1) is 16.1. The molecule has 102 valence electrons. The highest BCUT2D eigenvalue weighted by molar-refractivity contribution is 5.67. The van der Waals surface area contributed by atoms with Crippen LogP contribution in [0.15, 0.2) is 0 Å². The molecule has 0 spiro atoms. The lowest BCUT2D eigenvalue weighted by molar-refractivity contribution is 0.114. The fourth-order valence-corrected chi connectivity index (χ4v) is 1.37. The van der Waals surface area contributed by atoms with Crippen LogP contribution in [0.4, 0.5) is 4.79 Å². The first-order chi connectivity index (χ1) is 8.10. The Morgan fingerprint density at radius 3 is 2.29 bits per heavy atom. The Hall–Kier alpha value is -0.850. The highest BCUT2D eigenvalue weighted by Gasteiger charge is 2.05. The van der Waals surface area contributed by atoms with Gasteiger partial charge in [0.2, 0.25) is 0 Å². The summed E-state index contributed by atoms with van der Waals surface area (Å²) >= 11 is 0. The molecule has 0 unspecified atom stereocenters. The largest absolute Gasteiger partial charge is 0.447 e. The zero-order valence-electron chi connectivity index (χ0n) is 10.7. The monoisotopic (exact) mass is 248 g/mol. The lowest BCUT2D eigenvalue weighted by Gasteiger charge is -2.19. The molecular weight excluding hydrogens is 224 g/mol. The highest BCUT2D eigenvalue weighted by Crippen LogP contribution is 1.92. The second-order valence-corrected chi connectivity index (χ2v) is 4.02. The van der Waals surface area contributed by atoms with Crippen molar-refractivity contribution in [3.8, 4) is 0 Å². The van der Waals surface area contributed by atoms with Gasteiger partial charge in [-0.25, -0.2) is 4.79 Å². The van der Waals surface area contributed by atoms with Crippen LogP contribution in [0.2, 0.25) is 0 Å². The molecule has 0 rings (SSSR count). The van der Waals surface area contributed by atoms with Crippen molar-refractivity contribution in [1.82, 2.24) is 10.2 Å². The first-order valence-corrected chi connectivity index (χ1v) is 5.98. The molecule has 6 heteroatoms. The minimum Gasteiger partial charge on any atom is -0.447 e. The second kappa shape index (κ2) is 10.3. The summed E-state index contributed by atoms with van der Waals surface area (Å²) in [7, 11) is 0. The molecule has 0 aliphatic heterocycles. The molecule has 0 aromatic carbocycles. The van der Waals surface area contributed by atoms with Gasteiger partial charge < -0.3 is 20.3 Å². The molecule has 0 atom stereocenters. The fourth-order valence-electron chi connectivity index (χ4n) is 1.37. The van der Waals surface area contributed by atoms with Gasteiger partial charge in [-0.2, -0.15) is 0 Å². The molecule has 0 fully saturated rings. The molecule has 0 heterocycles. The number of carbonyl (C=O) groups excluding carboxylic acids is 1. The van der Waals surface area contributed by atoms with Crippen LogP contribution < -0.4 is 5.32 Å². The normalized spacial score (nSPS) is 10.9. The zero-order valence-corrected chi connectivity index (χ0v) is 10.7. The van der Waals surface area contributed by atoms with Gasteiger partial charge in [0.15, 0.2) is 0 Å². The van der Waals surface area contributed by atoms with Crippen LogP contribution in [0, 0.1) is 0 Å². The third-order valence-electron chi connectivity index (χ3n) is 2.10. The van der Waals surface area contributed by atoms with Gasteiger partial charge in [-0.05, 0) is 26.8 Å². The third kappa shape index (κ3) is 10.0. The van der Waals surface area contributed by atoms with E-state index in [0.29, 0.717) is 19.6 Å². The molecule has 6 nitrogen and oxygen atoms in total. The van der Waals surface area contributed by atoms with Crippen LogP contribution in [0.3, 0.4) is 0 Å². The van der Waals surface area contributed by atoms with Crippen molar-refractivity contribution in [2.75, 3.05) is 39.4 Å². The zero-order chi connectivity index (χ0) is 13.1. The predicted octanol–water partition coefficient (Wildman–Crippen LogP) is -0.202. The quantitative estimate of drug-likeness (QED) is 0.492. The van der Waals surface area contributed by atoms with E-state index in [4.69, 9.17) is 14.9 Å². The molecule has 0 saturated carbocycles. The summed E-state index contributed by atoms with van der Waals surface area (Å²) in [5.74, 6) is 0. The summed E-state index contributed by atoms with van der Waals surface area (Å²) in [5.41, 5.74) is 0. The van der Waals surface area contributed by atoms with Crippen molar-refractivity contribution < 1.29 is 19.7 Å². The molecule has 0 bridgehead atoms. The summed E-state index contributed by atoms with van der Waals surface area (Å²) in [4.78, 5) is 13.1. The third-order valence-corrected chi connectivity index (χ3v) is 2.10. The van der Waals surface area contributed by atoms with E-state index in [1.54, 1.807) is 13.8 Å². The summed E-state index contributed by atoms with van der Waals surface area (Å²) in [5, 5.41) is 20.2. The molecule has 0 aromatic rings. The van der Waals surface area contributed by atoms with Crippen LogP contribution in [0.25, 0.3) is 0 Å². The SMILES string of the molecule is CC(C)OC(=O)NCCCN(CCO)CCO. The number of nitrogens with zero attached hydrogens (tertiary/aromatic N) is 1. The summed E-state index contributed by atoms with van der Waals surface area (Å²) < 4.78 is 4.91. The number of aliphatic hydroxyl groups excluding tert-OH is 2. The van der Waals surface area contributed by atoms with Crippen LogP contribution >= 0.6 is 0 Å². The van der Waals surface area contributed by atoms with Crippen LogP contribution in [0.1, 0.15) is 20.3 Å². The van der Waals surface area contributed by atoms with Crippen LogP contribution in [-0.4, -0.2) is 66.7 Å². The van der Waals surface area contributed by atoms with E-state index < -0.39 is 6.09 Å². The molecule has 0 radical (unpaired) electrons. The molecule has 0 saturated heterocycles. The van der Waals surface area contributed by atoms with Gasteiger partial charge in [0.25, 0.3) is 0 Å². The number of aliphatic hydroxyl groups is 2. The lowest BCUT2D eigenvalue weighted by atomic mass is 10.3. The van der Waals surface area contributed by atoms with E-state index in [-0.39, 0.29) is 19.3 Å². The topological polar surface area (TPSA) is 82.0 Å². The number of hydrogen-bond acceptors (Lipinski definition) is 5. The Balaban J connectivity index is 3.56. The van der Waals surface area contributed by atoms with Gasteiger partial charge >= 0.3 is 6.09 Å². The van der Waals surface area contributed by atoms with Crippen molar-refractivity contribution in [2.45, 2.75) is 26.4 Å². The van der Waals surface area contributed by atoms with E-state index in [9.17, 15) is 4.79 Å². The number of nitrogens with one attached hydrogen (secondary N) is 1. The number of rotatable bonds is 9. The molecule has 0 aliphatic carbocycles. The Labute approximate surface area is 103 Å². The lowest BCUT2D eigenvalue weighted by Crippen LogP contribution is -2.34. The van der Waals surface area contributed by atoms with E-state index in [0.717, 1.165) is 13.0 Å². The summed E-state index contributed by atoms with van der Waals surface area (Å²) in [6.07, 6.45) is 0.235. The standard InChI is InChI=1S/C11H24N2O4/c1-10(2)17-11(16)12-4-3-5-13(6-8-14)7-9-15/h10,14-15H,3-9H2,1-2H3,(H,12,16). The van der Waals surface area contributed by atoms with Crippen molar-refractivity contribution in [2.24, 2.45) is 0 Å². The fraction of sp³-hybridized carbons (Fsp3) is 0.909. The number of hydrogen-bond donors (Lipinski definition) is 3. The predicted molar refractivity (Wildman–Crippen MR) is 64.8 cm³/mol. The molecule has 0 aromatic heterocycles. The van der Waals surface area contributed by atoms with Crippen molar-refractivity contribution in [3.05, 3.63) is 0 Å². The number of carbonyl (C=O) groups is 1. The van der Waals surface area contributed by atoms with Gasteiger partial charge in [-0.1, -0.05) is 0 Å². The number of ether oxygens (including phenoxy) is 1. The van der Waals surface area contributed by atoms with Crippen molar-refractivity contribution in [3.63, 3.8) is 0 Å². The number of amides is 1. The van der Waals surface area contributed by atoms with Gasteiger partial charge in [0.1, 0.15) is 0 Å². The molecule has 17 heavy (non-hydrogen) atoms. The smallest absolute Gasteiger partial charge is 0.407 e. The van der Waals surface area contributed by atoms with E-state index >= 15 is 0 Å². The van der Waals surface area contributed by atoms with Crippen molar-refractivity contribution >= 4 is 6.09 Å². The summed E-state index contributed by atoms with van der Waals surface area (Å²) in [6.45, 7) is 6.06. The molecule has 3 N–H and O–H groups in total.